The molecule has 0 fully saturated rings. The summed E-state index contributed by atoms with van der Waals surface area (Å²) in [4.78, 5) is 51.8. The quantitative estimate of drug-likeness (QED) is 0.218. The molecular formula is C30H31Cl3N6O6. The number of aliphatic hydroxyl groups excluding tert-OH is 1. The number of nitriles is 1. The number of nitrogens with one attached hydrogen (secondary N) is 2. The molecule has 0 saturated carbocycles. The number of carbonyl (C=O) groups excluding carboxylic acids is 4. The molecule has 2 aliphatic heterocycles. The van der Waals surface area contributed by atoms with E-state index in [0.717, 1.165) is 0 Å². The molecule has 4 rings (SSSR count). The van der Waals surface area contributed by atoms with Gasteiger partial charge in [-0.3, -0.25) is 19.4 Å². The van der Waals surface area contributed by atoms with Crippen LogP contribution in [0.5, 0.6) is 0 Å². The topological polar surface area (TPSA) is 164 Å². The van der Waals surface area contributed by atoms with Gasteiger partial charge in [0.05, 0.1) is 50.6 Å². The molecule has 0 bridgehead atoms. The molecule has 238 valence electrons. The summed E-state index contributed by atoms with van der Waals surface area (Å²) in [5.74, 6) is -0.469. The molecule has 0 radical (unpaired) electrons. The number of aliphatic hydroxyl groups is 1. The minimum Gasteiger partial charge on any atom is -0.509 e. The van der Waals surface area contributed by atoms with Crippen LogP contribution in [0.25, 0.3) is 11.1 Å². The van der Waals surface area contributed by atoms with Crippen molar-refractivity contribution in [1.29, 1.82) is 5.26 Å². The van der Waals surface area contributed by atoms with Gasteiger partial charge >= 0.3 is 11.5 Å². The molecular weight excluding hydrogens is 647 g/mol. The number of aliphatic imine (C=N–C) groups is 1. The van der Waals surface area contributed by atoms with E-state index in [2.05, 4.69) is 22.3 Å². The van der Waals surface area contributed by atoms with Gasteiger partial charge in [0, 0.05) is 39.3 Å². The maximum atomic E-state index is 12.2. The number of hydrogen-bond acceptors (Lipinski definition) is 8. The van der Waals surface area contributed by atoms with Crippen molar-refractivity contribution in [2.24, 2.45) is 4.99 Å². The second-order valence-electron chi connectivity index (χ2n) is 9.93. The third kappa shape index (κ3) is 9.21. The number of amides is 4. The van der Waals surface area contributed by atoms with Gasteiger partial charge in [-0.05, 0) is 56.4 Å². The van der Waals surface area contributed by atoms with Crippen LogP contribution < -0.4 is 10.6 Å². The highest BCUT2D eigenvalue weighted by molar-refractivity contribution is 6.62. The van der Waals surface area contributed by atoms with E-state index in [4.69, 9.17) is 44.8 Å². The van der Waals surface area contributed by atoms with Gasteiger partial charge in [0.25, 0.3) is 11.8 Å². The Bertz CT molecular complexity index is 1630. The lowest BCUT2D eigenvalue weighted by atomic mass is 10.0. The van der Waals surface area contributed by atoms with Crippen LogP contribution >= 0.6 is 34.8 Å². The molecule has 12 nitrogen and oxygen atoms in total. The summed E-state index contributed by atoms with van der Waals surface area (Å²) < 4.78 is 5.32. The lowest BCUT2D eigenvalue weighted by Gasteiger charge is -2.15. The summed E-state index contributed by atoms with van der Waals surface area (Å²) in [7, 11) is 6.31. The summed E-state index contributed by atoms with van der Waals surface area (Å²) in [6.45, 7) is 6.84. The molecule has 2 unspecified atom stereocenters. The Labute approximate surface area is 275 Å². The van der Waals surface area contributed by atoms with Gasteiger partial charge < -0.3 is 30.3 Å². The molecule has 2 aromatic carbocycles. The van der Waals surface area contributed by atoms with E-state index in [1.807, 2.05) is 6.07 Å². The minimum absolute atomic E-state index is 0.0263. The number of benzene rings is 2. The summed E-state index contributed by atoms with van der Waals surface area (Å²) in [6, 6.07) is 10.6. The molecule has 0 spiro atoms. The number of hydrogen-bond donors (Lipinski definition) is 3. The molecule has 4 amide bonds. The highest BCUT2D eigenvalue weighted by Crippen LogP contribution is 2.34. The predicted octanol–water partition coefficient (Wildman–Crippen LogP) is 5.51. The molecule has 2 atom stereocenters. The van der Waals surface area contributed by atoms with Crippen LogP contribution in [-0.4, -0.2) is 85.2 Å². The van der Waals surface area contributed by atoms with E-state index in [0.29, 0.717) is 27.4 Å². The van der Waals surface area contributed by atoms with E-state index >= 15 is 0 Å². The van der Waals surface area contributed by atoms with E-state index in [-0.39, 0.29) is 39.5 Å². The van der Waals surface area contributed by atoms with Crippen LogP contribution in [0.3, 0.4) is 0 Å². The first-order valence-electron chi connectivity index (χ1n) is 13.1. The van der Waals surface area contributed by atoms with E-state index in [9.17, 15) is 24.3 Å². The molecule has 0 aliphatic carbocycles. The zero-order valence-corrected chi connectivity index (χ0v) is 27.5. The van der Waals surface area contributed by atoms with Gasteiger partial charge in [-0.2, -0.15) is 5.26 Å². The largest absolute Gasteiger partial charge is 0.509 e. The second kappa shape index (κ2) is 15.9. The van der Waals surface area contributed by atoms with Crippen LogP contribution in [0.4, 0.5) is 15.3 Å². The smallest absolute Gasteiger partial charge is 0.414 e. The fraction of sp³-hybridized carbons (Fsp3) is 0.267. The SMILES string of the molecule is C=Nc1ccc(C2=C(OC(=O)N(C)C)C(C)NC2=O)c(Cl)c1.CC1NC(=O)C(c2ccc(C#N)cc2Cl)=C1O.CN(C)C(=O)Cl. The maximum Gasteiger partial charge on any atom is 0.414 e. The first kappa shape index (κ1) is 36.6. The standard InChI is InChI=1S/C15H16ClN3O3.C12H9ClN2O2.C3H6ClNO/c1-8-13(22-15(21)19(3)4)12(14(20)18-8)10-6-5-9(17-2)7-11(10)16;1-6-11(16)10(12(17)15-6)8-3-2-7(5-14)4-9(8)13;1-5(2)3(4)6/h5-8H,2H2,1,3-4H3,(H,18,20);2-4,6,16H,1H3,(H,15,17);1-2H3. The Morgan fingerprint density at radius 3 is 1.89 bits per heavy atom. The Balaban J connectivity index is 0.000000272. The molecule has 2 aliphatic rings. The average molecular weight is 678 g/mol. The van der Waals surface area contributed by atoms with Crippen LogP contribution in [0.2, 0.25) is 10.0 Å². The number of rotatable bonds is 4. The summed E-state index contributed by atoms with van der Waals surface area (Å²) in [5.41, 5.74) is 2.34. The summed E-state index contributed by atoms with van der Waals surface area (Å²) >= 11 is 17.1. The normalized spacial score (nSPS) is 16.7. The van der Waals surface area contributed by atoms with Crippen molar-refractivity contribution in [3.05, 3.63) is 74.7 Å². The van der Waals surface area contributed by atoms with E-state index in [1.54, 1.807) is 72.4 Å². The van der Waals surface area contributed by atoms with Crippen molar-refractivity contribution >= 4 is 81.6 Å². The monoisotopic (exact) mass is 676 g/mol. The van der Waals surface area contributed by atoms with Crippen molar-refractivity contribution < 1.29 is 29.0 Å². The molecule has 0 saturated heterocycles. The Kier molecular flexibility index (Phi) is 13.0. The first-order valence-corrected chi connectivity index (χ1v) is 14.2. The Hall–Kier alpha value is -4.57. The molecule has 45 heavy (non-hydrogen) atoms. The average Bonchev–Trinajstić information content (AvgIpc) is 3.40. The van der Waals surface area contributed by atoms with Crippen molar-refractivity contribution in [2.75, 3.05) is 28.2 Å². The zero-order valence-electron chi connectivity index (χ0n) is 25.2. The molecule has 2 aromatic rings. The third-order valence-electron chi connectivity index (χ3n) is 6.14. The minimum atomic E-state index is -0.559. The summed E-state index contributed by atoms with van der Waals surface area (Å²) in [6.07, 6.45) is -0.559. The van der Waals surface area contributed by atoms with Crippen molar-refractivity contribution in [3.63, 3.8) is 0 Å². The second-order valence-corrected chi connectivity index (χ2v) is 11.1. The van der Waals surface area contributed by atoms with Gasteiger partial charge in [-0.15, -0.1) is 0 Å². The van der Waals surface area contributed by atoms with Crippen molar-refractivity contribution in [3.8, 4) is 6.07 Å². The fourth-order valence-electron chi connectivity index (χ4n) is 3.77. The van der Waals surface area contributed by atoms with E-state index < -0.39 is 23.5 Å². The maximum absolute atomic E-state index is 12.2. The Morgan fingerprint density at radius 1 is 0.933 bits per heavy atom. The summed E-state index contributed by atoms with van der Waals surface area (Å²) in [5, 5.41) is 24.0. The van der Waals surface area contributed by atoms with Gasteiger partial charge in [-0.25, -0.2) is 4.79 Å². The molecule has 2 heterocycles. The number of ether oxygens (including phenoxy) is 1. The molecule has 3 N–H and O–H groups in total. The number of nitrogens with zero attached hydrogens (tertiary/aromatic N) is 4. The van der Waals surface area contributed by atoms with Crippen LogP contribution in [0.1, 0.15) is 30.5 Å². The highest BCUT2D eigenvalue weighted by Gasteiger charge is 2.34. The van der Waals surface area contributed by atoms with Crippen molar-refractivity contribution in [1.82, 2.24) is 20.4 Å². The molecule has 0 aromatic heterocycles. The van der Waals surface area contributed by atoms with Crippen LogP contribution in [-0.2, 0) is 14.3 Å². The zero-order chi connectivity index (χ0) is 34.2. The fourth-order valence-corrected chi connectivity index (χ4v) is 4.31. The van der Waals surface area contributed by atoms with E-state index in [1.165, 1.54) is 15.9 Å². The number of carbonyl (C=O) groups is 4. The van der Waals surface area contributed by atoms with Gasteiger partial charge in [0.2, 0.25) is 0 Å². The van der Waals surface area contributed by atoms with Gasteiger partial charge in [-0.1, -0.05) is 35.3 Å². The molecule has 15 heteroatoms. The van der Waals surface area contributed by atoms with Gasteiger partial charge in [0.1, 0.15) is 11.5 Å². The van der Waals surface area contributed by atoms with Crippen LogP contribution in [0.15, 0.2) is 52.9 Å². The van der Waals surface area contributed by atoms with Gasteiger partial charge in [0.15, 0.2) is 0 Å². The number of halogens is 3. The lowest BCUT2D eigenvalue weighted by Crippen LogP contribution is -2.29. The van der Waals surface area contributed by atoms with Crippen LogP contribution in [0, 0.1) is 11.3 Å². The Morgan fingerprint density at radius 2 is 1.44 bits per heavy atom. The third-order valence-corrected chi connectivity index (χ3v) is 7.10. The highest BCUT2D eigenvalue weighted by atomic mass is 35.5. The van der Waals surface area contributed by atoms with Crippen molar-refractivity contribution in [2.45, 2.75) is 25.9 Å². The lowest BCUT2D eigenvalue weighted by molar-refractivity contribution is -0.116. The predicted molar refractivity (Wildman–Crippen MR) is 174 cm³/mol. The first-order chi connectivity index (χ1) is 21.0.